The summed E-state index contributed by atoms with van der Waals surface area (Å²) >= 11 is 0. The molecule has 1 aromatic heterocycles. The predicted molar refractivity (Wildman–Crippen MR) is 86.6 cm³/mol. The third kappa shape index (κ3) is 3.05. The Morgan fingerprint density at radius 1 is 1.00 bits per heavy atom. The van der Waals surface area contributed by atoms with Gasteiger partial charge in [0.05, 0.1) is 5.69 Å². The number of fused-ring (bicyclic) bond motifs is 1. The fraction of sp³-hybridized carbons (Fsp3) is 0.722. The molecular weight excluding hydrogens is 274 g/mol. The number of pyridine rings is 1. The molecule has 4 heteroatoms. The molecule has 3 aliphatic heterocycles. The number of ether oxygens (including phenoxy) is 1. The summed E-state index contributed by atoms with van der Waals surface area (Å²) in [5.41, 5.74) is 1.21. The number of aromatic nitrogens is 1. The third-order valence-electron chi connectivity index (χ3n) is 5.73. The molecular formula is C18H27N3O. The van der Waals surface area contributed by atoms with Crippen molar-refractivity contribution in [3.63, 3.8) is 0 Å². The van der Waals surface area contributed by atoms with Crippen molar-refractivity contribution in [2.75, 3.05) is 32.8 Å². The summed E-state index contributed by atoms with van der Waals surface area (Å²) in [6.45, 7) is 6.77. The minimum Gasteiger partial charge on any atom is -0.381 e. The summed E-state index contributed by atoms with van der Waals surface area (Å²) in [6.07, 6.45) is 7.09. The van der Waals surface area contributed by atoms with Gasteiger partial charge in [-0.3, -0.25) is 14.8 Å². The van der Waals surface area contributed by atoms with Gasteiger partial charge < -0.3 is 4.74 Å². The second-order valence-electron chi connectivity index (χ2n) is 7.05. The number of likely N-dealkylation sites (tertiary alicyclic amines) is 2. The van der Waals surface area contributed by atoms with Gasteiger partial charge in [-0.05, 0) is 43.7 Å². The van der Waals surface area contributed by atoms with E-state index >= 15 is 0 Å². The average molecular weight is 301 g/mol. The minimum absolute atomic E-state index is 0.752. The number of hydrogen-bond acceptors (Lipinski definition) is 4. The Hall–Kier alpha value is -0.970. The molecule has 3 saturated heterocycles. The fourth-order valence-electron chi connectivity index (χ4n) is 4.55. The van der Waals surface area contributed by atoms with Gasteiger partial charge in [-0.15, -0.1) is 0 Å². The van der Waals surface area contributed by atoms with Crippen LogP contribution in [-0.4, -0.2) is 59.7 Å². The maximum atomic E-state index is 5.50. The van der Waals surface area contributed by atoms with Crippen LogP contribution in [0, 0.1) is 5.92 Å². The van der Waals surface area contributed by atoms with E-state index in [1.54, 1.807) is 0 Å². The molecule has 0 N–H and O–H groups in total. The highest BCUT2D eigenvalue weighted by Crippen LogP contribution is 2.33. The molecule has 0 unspecified atom stereocenters. The van der Waals surface area contributed by atoms with E-state index in [0.717, 1.165) is 37.8 Å². The van der Waals surface area contributed by atoms with Gasteiger partial charge in [0.15, 0.2) is 0 Å². The van der Waals surface area contributed by atoms with E-state index in [2.05, 4.69) is 26.9 Å². The van der Waals surface area contributed by atoms with Crippen LogP contribution in [0.15, 0.2) is 24.4 Å². The van der Waals surface area contributed by atoms with Crippen LogP contribution in [0.25, 0.3) is 0 Å². The third-order valence-corrected chi connectivity index (χ3v) is 5.73. The molecule has 0 amide bonds. The lowest BCUT2D eigenvalue weighted by molar-refractivity contribution is 0.0504. The van der Waals surface area contributed by atoms with Gasteiger partial charge in [-0.25, -0.2) is 0 Å². The lowest BCUT2D eigenvalue weighted by atomic mass is 9.99. The number of hydrogen-bond donors (Lipinski definition) is 0. The summed E-state index contributed by atoms with van der Waals surface area (Å²) in [6, 6.07) is 7.79. The van der Waals surface area contributed by atoms with Crippen molar-refractivity contribution in [2.45, 2.75) is 44.3 Å². The molecule has 120 valence electrons. The van der Waals surface area contributed by atoms with Crippen LogP contribution in [0.4, 0.5) is 0 Å². The minimum atomic E-state index is 0.752. The van der Waals surface area contributed by atoms with Gasteiger partial charge in [0.25, 0.3) is 0 Å². The highest BCUT2D eigenvalue weighted by Gasteiger charge is 2.42. The molecule has 0 saturated carbocycles. The van der Waals surface area contributed by atoms with Crippen molar-refractivity contribution >= 4 is 0 Å². The van der Waals surface area contributed by atoms with Gasteiger partial charge in [0.2, 0.25) is 0 Å². The smallest absolute Gasteiger partial charge is 0.0544 e. The van der Waals surface area contributed by atoms with Gasteiger partial charge >= 0.3 is 0 Å². The molecule has 0 radical (unpaired) electrons. The van der Waals surface area contributed by atoms with Crippen LogP contribution in [0.5, 0.6) is 0 Å². The van der Waals surface area contributed by atoms with E-state index in [1.807, 2.05) is 12.3 Å². The largest absolute Gasteiger partial charge is 0.381 e. The Balaban J connectivity index is 1.35. The average Bonchev–Trinajstić information content (AvgIpc) is 3.14. The molecule has 0 aromatic carbocycles. The molecule has 22 heavy (non-hydrogen) atoms. The van der Waals surface area contributed by atoms with Crippen molar-refractivity contribution < 1.29 is 4.74 Å². The Kier molecular flexibility index (Phi) is 4.42. The first kappa shape index (κ1) is 14.6. The molecule has 0 bridgehead atoms. The Morgan fingerprint density at radius 2 is 1.77 bits per heavy atom. The first-order valence-corrected chi connectivity index (χ1v) is 8.86. The normalized spacial score (nSPS) is 30.7. The second kappa shape index (κ2) is 6.65. The Morgan fingerprint density at radius 3 is 2.55 bits per heavy atom. The maximum absolute atomic E-state index is 5.50. The summed E-state index contributed by atoms with van der Waals surface area (Å²) in [7, 11) is 0. The second-order valence-corrected chi connectivity index (χ2v) is 7.05. The monoisotopic (exact) mass is 301 g/mol. The van der Waals surface area contributed by atoms with E-state index in [-0.39, 0.29) is 0 Å². The van der Waals surface area contributed by atoms with Gasteiger partial charge in [-0.1, -0.05) is 6.07 Å². The molecule has 0 spiro atoms. The van der Waals surface area contributed by atoms with Crippen molar-refractivity contribution in [3.8, 4) is 0 Å². The topological polar surface area (TPSA) is 28.6 Å². The summed E-state index contributed by atoms with van der Waals surface area (Å²) < 4.78 is 5.50. The molecule has 4 nitrogen and oxygen atoms in total. The van der Waals surface area contributed by atoms with Crippen molar-refractivity contribution in [3.05, 3.63) is 30.1 Å². The lowest BCUT2D eigenvalue weighted by Crippen LogP contribution is -2.39. The molecule has 0 aliphatic carbocycles. The zero-order valence-electron chi connectivity index (χ0n) is 13.4. The number of nitrogens with zero attached hydrogens (tertiary/aromatic N) is 3. The van der Waals surface area contributed by atoms with Gasteiger partial charge in [0, 0.05) is 57.7 Å². The zero-order valence-corrected chi connectivity index (χ0v) is 13.4. The van der Waals surface area contributed by atoms with Crippen molar-refractivity contribution in [2.24, 2.45) is 5.92 Å². The highest BCUT2D eigenvalue weighted by molar-refractivity contribution is 5.06. The summed E-state index contributed by atoms with van der Waals surface area (Å²) in [5, 5.41) is 0. The number of rotatable bonds is 4. The summed E-state index contributed by atoms with van der Waals surface area (Å²) in [5.74, 6) is 0.859. The Bertz CT molecular complexity index is 474. The van der Waals surface area contributed by atoms with Gasteiger partial charge in [-0.2, -0.15) is 0 Å². The van der Waals surface area contributed by atoms with E-state index in [4.69, 9.17) is 4.74 Å². The first-order valence-electron chi connectivity index (χ1n) is 8.86. The van der Waals surface area contributed by atoms with E-state index in [0.29, 0.717) is 0 Å². The molecule has 4 heterocycles. The van der Waals surface area contributed by atoms with Crippen LogP contribution in [0.1, 0.15) is 31.4 Å². The lowest BCUT2D eigenvalue weighted by Gasteiger charge is -2.30. The molecule has 2 atom stereocenters. The Labute approximate surface area is 133 Å². The van der Waals surface area contributed by atoms with Crippen LogP contribution in [0.3, 0.4) is 0 Å². The van der Waals surface area contributed by atoms with Crippen molar-refractivity contribution in [1.29, 1.82) is 0 Å². The van der Waals surface area contributed by atoms with Crippen LogP contribution < -0.4 is 0 Å². The van der Waals surface area contributed by atoms with E-state index < -0.39 is 0 Å². The molecule has 3 aliphatic rings. The molecule has 3 fully saturated rings. The van der Waals surface area contributed by atoms with Crippen LogP contribution >= 0.6 is 0 Å². The fourth-order valence-corrected chi connectivity index (χ4v) is 4.55. The van der Waals surface area contributed by atoms with Crippen molar-refractivity contribution in [1.82, 2.24) is 14.8 Å². The van der Waals surface area contributed by atoms with Crippen LogP contribution in [0.2, 0.25) is 0 Å². The first-order chi connectivity index (χ1) is 10.9. The molecule has 4 rings (SSSR count). The predicted octanol–water partition coefficient (Wildman–Crippen LogP) is 2.16. The molecule has 1 aromatic rings. The van der Waals surface area contributed by atoms with Crippen LogP contribution in [-0.2, 0) is 11.3 Å². The van der Waals surface area contributed by atoms with E-state index in [1.165, 1.54) is 51.0 Å². The van der Waals surface area contributed by atoms with E-state index in [9.17, 15) is 0 Å². The SMILES string of the molecule is c1ccc(CN2CC[C@H]3[C@@H]2CCN3CC2CCOCC2)nc1. The highest BCUT2D eigenvalue weighted by atomic mass is 16.5. The summed E-state index contributed by atoms with van der Waals surface area (Å²) in [4.78, 5) is 9.94. The zero-order chi connectivity index (χ0) is 14.8. The standard InChI is InChI=1S/C18H27N3O/c1-2-8-19-16(3-1)14-21-10-5-17-18(21)4-9-20(17)13-15-6-11-22-12-7-15/h1-3,8,15,17-18H,4-7,9-14H2/t17-,18-/m0/s1. The maximum Gasteiger partial charge on any atom is 0.0544 e. The van der Waals surface area contributed by atoms with Gasteiger partial charge in [0.1, 0.15) is 0 Å². The quantitative estimate of drug-likeness (QED) is 0.852.